The largest absolute Gasteiger partial charge is 0.325 e. The Morgan fingerprint density at radius 1 is 1.35 bits per heavy atom. The van der Waals surface area contributed by atoms with Gasteiger partial charge >= 0.3 is 0 Å². The van der Waals surface area contributed by atoms with Gasteiger partial charge in [0, 0.05) is 24.8 Å². The predicted molar refractivity (Wildman–Crippen MR) is 83.1 cm³/mol. The molecule has 4 nitrogen and oxygen atoms in total. The Hall–Kier alpha value is -1.39. The Morgan fingerprint density at radius 3 is 2.65 bits per heavy atom. The van der Waals surface area contributed by atoms with Crippen molar-refractivity contribution in [3.8, 4) is 0 Å². The van der Waals surface area contributed by atoms with Crippen molar-refractivity contribution in [2.45, 2.75) is 33.2 Å². The van der Waals surface area contributed by atoms with Gasteiger partial charge in [-0.05, 0) is 50.1 Å². The Morgan fingerprint density at radius 2 is 2.10 bits per heavy atom. The fraction of sp³-hybridized carbons (Fsp3) is 0.562. The number of anilines is 1. The van der Waals surface area contributed by atoms with Gasteiger partial charge in [0.05, 0.1) is 6.54 Å². The summed E-state index contributed by atoms with van der Waals surface area (Å²) in [4.78, 5) is 14.4. The van der Waals surface area contributed by atoms with Crippen LogP contribution in [0.2, 0.25) is 0 Å². The topological polar surface area (TPSA) is 44.4 Å². The molecule has 1 saturated heterocycles. The van der Waals surface area contributed by atoms with Crippen molar-refractivity contribution in [1.29, 1.82) is 0 Å². The maximum atomic E-state index is 12.2. The standard InChI is InChI=1S/C16H25N3O/c1-4-7-19(15-9-17-10-15)11-16(20)18-14-6-5-12(2)13(3)8-14/h5-6,8,15,17H,4,7,9-11H2,1-3H3,(H,18,20). The van der Waals surface area contributed by atoms with Gasteiger partial charge in [0.25, 0.3) is 0 Å². The van der Waals surface area contributed by atoms with E-state index in [1.165, 1.54) is 11.1 Å². The normalized spacial score (nSPS) is 15.2. The van der Waals surface area contributed by atoms with E-state index in [-0.39, 0.29) is 5.91 Å². The third-order valence-electron chi connectivity index (χ3n) is 3.92. The molecule has 1 heterocycles. The molecule has 20 heavy (non-hydrogen) atoms. The number of hydrogen-bond acceptors (Lipinski definition) is 3. The van der Waals surface area contributed by atoms with E-state index in [1.807, 2.05) is 18.2 Å². The van der Waals surface area contributed by atoms with Gasteiger partial charge in [-0.2, -0.15) is 0 Å². The third kappa shape index (κ3) is 3.81. The van der Waals surface area contributed by atoms with Gasteiger partial charge in [-0.25, -0.2) is 0 Å². The highest BCUT2D eigenvalue weighted by molar-refractivity contribution is 5.92. The first-order chi connectivity index (χ1) is 9.60. The first-order valence-electron chi connectivity index (χ1n) is 7.42. The van der Waals surface area contributed by atoms with Gasteiger partial charge in [0.2, 0.25) is 5.91 Å². The van der Waals surface area contributed by atoms with E-state index >= 15 is 0 Å². The molecule has 110 valence electrons. The van der Waals surface area contributed by atoms with Crippen LogP contribution in [0.4, 0.5) is 5.69 Å². The number of hydrogen-bond donors (Lipinski definition) is 2. The molecule has 1 aliphatic heterocycles. The lowest BCUT2D eigenvalue weighted by Crippen LogP contribution is -2.58. The maximum Gasteiger partial charge on any atom is 0.238 e. The molecule has 1 aromatic rings. The average molecular weight is 275 g/mol. The van der Waals surface area contributed by atoms with E-state index in [9.17, 15) is 4.79 Å². The molecular weight excluding hydrogens is 250 g/mol. The molecule has 0 spiro atoms. The van der Waals surface area contributed by atoms with E-state index in [1.54, 1.807) is 0 Å². The lowest BCUT2D eigenvalue weighted by Gasteiger charge is -2.37. The minimum Gasteiger partial charge on any atom is -0.325 e. The second-order valence-corrected chi connectivity index (χ2v) is 5.63. The number of aryl methyl sites for hydroxylation is 2. The molecule has 2 N–H and O–H groups in total. The van der Waals surface area contributed by atoms with E-state index in [4.69, 9.17) is 0 Å². The van der Waals surface area contributed by atoms with Crippen LogP contribution in [0.1, 0.15) is 24.5 Å². The lowest BCUT2D eigenvalue weighted by molar-refractivity contribution is -0.118. The van der Waals surface area contributed by atoms with Gasteiger partial charge in [0.15, 0.2) is 0 Å². The molecule has 0 radical (unpaired) electrons. The third-order valence-corrected chi connectivity index (χ3v) is 3.92. The van der Waals surface area contributed by atoms with Crippen LogP contribution in [-0.2, 0) is 4.79 Å². The fourth-order valence-corrected chi connectivity index (χ4v) is 2.41. The molecule has 0 unspecified atom stereocenters. The molecule has 4 heteroatoms. The highest BCUT2D eigenvalue weighted by atomic mass is 16.2. The minimum absolute atomic E-state index is 0.0774. The van der Waals surface area contributed by atoms with Gasteiger partial charge in [-0.1, -0.05) is 13.0 Å². The summed E-state index contributed by atoms with van der Waals surface area (Å²) in [6, 6.07) is 6.56. The SMILES string of the molecule is CCCN(CC(=O)Nc1ccc(C)c(C)c1)C1CNC1. The van der Waals surface area contributed by atoms with Gasteiger partial charge < -0.3 is 10.6 Å². The van der Waals surface area contributed by atoms with Crippen LogP contribution in [0.15, 0.2) is 18.2 Å². The summed E-state index contributed by atoms with van der Waals surface area (Å²) in [6.45, 7) is 9.75. The summed E-state index contributed by atoms with van der Waals surface area (Å²) < 4.78 is 0. The van der Waals surface area contributed by atoms with Gasteiger partial charge in [-0.15, -0.1) is 0 Å². The van der Waals surface area contributed by atoms with Crippen molar-refractivity contribution in [3.05, 3.63) is 29.3 Å². The number of benzene rings is 1. The number of amides is 1. The predicted octanol–water partition coefficient (Wildman–Crippen LogP) is 1.93. The smallest absolute Gasteiger partial charge is 0.238 e. The van der Waals surface area contributed by atoms with Gasteiger partial charge in [0.1, 0.15) is 0 Å². The molecule has 0 saturated carbocycles. The summed E-state index contributed by atoms with van der Waals surface area (Å²) in [5.41, 5.74) is 3.34. The minimum atomic E-state index is 0.0774. The first kappa shape index (κ1) is 15.0. The molecule has 0 aliphatic carbocycles. The number of carbonyl (C=O) groups excluding carboxylic acids is 1. The molecule has 0 aromatic heterocycles. The molecule has 1 amide bonds. The number of nitrogens with one attached hydrogen (secondary N) is 2. The first-order valence-corrected chi connectivity index (χ1v) is 7.42. The van der Waals surface area contributed by atoms with Crippen LogP contribution in [-0.4, -0.2) is 43.0 Å². The zero-order chi connectivity index (χ0) is 14.5. The fourth-order valence-electron chi connectivity index (χ4n) is 2.41. The van der Waals surface area contributed by atoms with E-state index < -0.39 is 0 Å². The second kappa shape index (κ2) is 6.86. The molecular formula is C16H25N3O. The maximum absolute atomic E-state index is 12.2. The van der Waals surface area contributed by atoms with E-state index in [2.05, 4.69) is 36.3 Å². The van der Waals surface area contributed by atoms with E-state index in [0.717, 1.165) is 31.7 Å². The zero-order valence-electron chi connectivity index (χ0n) is 12.7. The molecule has 0 atom stereocenters. The summed E-state index contributed by atoms with van der Waals surface area (Å²) in [5, 5.41) is 6.26. The summed E-state index contributed by atoms with van der Waals surface area (Å²) >= 11 is 0. The molecule has 1 aromatic carbocycles. The molecule has 0 bridgehead atoms. The summed E-state index contributed by atoms with van der Waals surface area (Å²) in [7, 11) is 0. The Labute approximate surface area is 121 Å². The summed E-state index contributed by atoms with van der Waals surface area (Å²) in [6.07, 6.45) is 1.08. The van der Waals surface area contributed by atoms with Crippen molar-refractivity contribution < 1.29 is 4.79 Å². The zero-order valence-corrected chi connectivity index (χ0v) is 12.7. The second-order valence-electron chi connectivity index (χ2n) is 5.63. The van der Waals surface area contributed by atoms with E-state index in [0.29, 0.717) is 12.6 Å². The van der Waals surface area contributed by atoms with Gasteiger partial charge in [-0.3, -0.25) is 9.69 Å². The van der Waals surface area contributed by atoms with Crippen LogP contribution in [0.3, 0.4) is 0 Å². The number of rotatable bonds is 6. The summed E-state index contributed by atoms with van der Waals surface area (Å²) in [5.74, 6) is 0.0774. The van der Waals surface area contributed by atoms with Crippen molar-refractivity contribution in [1.82, 2.24) is 10.2 Å². The lowest BCUT2D eigenvalue weighted by atomic mass is 10.1. The molecule has 1 aliphatic rings. The molecule has 2 rings (SSSR count). The van der Waals surface area contributed by atoms with Crippen molar-refractivity contribution in [2.24, 2.45) is 0 Å². The molecule has 1 fully saturated rings. The monoisotopic (exact) mass is 275 g/mol. The Bertz CT molecular complexity index is 469. The van der Waals surface area contributed by atoms with Crippen molar-refractivity contribution in [2.75, 3.05) is 31.5 Å². The van der Waals surface area contributed by atoms with Crippen LogP contribution in [0.25, 0.3) is 0 Å². The Kier molecular flexibility index (Phi) is 5.15. The Balaban J connectivity index is 1.91. The highest BCUT2D eigenvalue weighted by Crippen LogP contribution is 2.14. The highest BCUT2D eigenvalue weighted by Gasteiger charge is 2.25. The van der Waals surface area contributed by atoms with Crippen LogP contribution in [0, 0.1) is 13.8 Å². The number of nitrogens with zero attached hydrogens (tertiary/aromatic N) is 1. The van der Waals surface area contributed by atoms with Crippen LogP contribution >= 0.6 is 0 Å². The van der Waals surface area contributed by atoms with Crippen LogP contribution in [0.5, 0.6) is 0 Å². The van der Waals surface area contributed by atoms with Crippen LogP contribution < -0.4 is 10.6 Å². The quantitative estimate of drug-likeness (QED) is 0.834. The number of carbonyl (C=O) groups is 1. The van der Waals surface area contributed by atoms with Crippen molar-refractivity contribution in [3.63, 3.8) is 0 Å². The average Bonchev–Trinajstić information content (AvgIpc) is 2.32. The van der Waals surface area contributed by atoms with Crippen molar-refractivity contribution >= 4 is 11.6 Å².